The largest absolute Gasteiger partial charge is 0.445 e. The van der Waals surface area contributed by atoms with Crippen molar-refractivity contribution in [2.45, 2.75) is 32.5 Å². The minimum atomic E-state index is -4.55. The summed E-state index contributed by atoms with van der Waals surface area (Å²) in [6, 6.07) is -0.775. The quantitative estimate of drug-likeness (QED) is 0.883. The molecule has 0 bridgehead atoms. The molecule has 5 nitrogen and oxygen atoms in total. The first kappa shape index (κ1) is 14.8. The van der Waals surface area contributed by atoms with Crippen LogP contribution in [0.5, 0.6) is 0 Å². The first-order valence-corrected chi connectivity index (χ1v) is 5.99. The van der Waals surface area contributed by atoms with Gasteiger partial charge in [-0.3, -0.25) is 10.1 Å². The first-order chi connectivity index (χ1) is 8.20. The highest BCUT2D eigenvalue weighted by molar-refractivity contribution is 7.15. The van der Waals surface area contributed by atoms with Gasteiger partial charge in [-0.05, 0) is 12.3 Å². The normalized spacial score (nSPS) is 13.7. The molecule has 0 unspecified atom stereocenters. The third-order valence-electron chi connectivity index (χ3n) is 1.96. The summed E-state index contributed by atoms with van der Waals surface area (Å²) in [6.07, 6.45) is -4.11. The number of hydrogen-bond donors (Lipinski definition) is 2. The summed E-state index contributed by atoms with van der Waals surface area (Å²) in [5.74, 6) is -0.348. The highest BCUT2D eigenvalue weighted by Gasteiger charge is 2.35. The van der Waals surface area contributed by atoms with Crippen molar-refractivity contribution in [3.63, 3.8) is 0 Å². The fourth-order valence-electron chi connectivity index (χ4n) is 1.20. The maximum absolute atomic E-state index is 12.2. The third kappa shape index (κ3) is 4.22. The number of nitrogens with one attached hydrogen (secondary N) is 1. The van der Waals surface area contributed by atoms with E-state index in [4.69, 9.17) is 5.73 Å². The molecule has 0 aromatic carbocycles. The molecule has 1 rings (SSSR count). The second kappa shape index (κ2) is 5.61. The number of carbonyl (C=O) groups excluding carboxylic acids is 1. The zero-order valence-electron chi connectivity index (χ0n) is 9.78. The average molecular weight is 282 g/mol. The van der Waals surface area contributed by atoms with Crippen molar-refractivity contribution in [1.82, 2.24) is 10.2 Å². The Kier molecular flexibility index (Phi) is 4.63. The number of hydrogen-bond acceptors (Lipinski definition) is 5. The van der Waals surface area contributed by atoms with Crippen LogP contribution in [0, 0.1) is 5.92 Å². The Morgan fingerprint density at radius 3 is 2.50 bits per heavy atom. The molecule has 1 amide bonds. The Morgan fingerprint density at radius 1 is 1.44 bits per heavy atom. The molecule has 0 radical (unpaired) electrons. The number of alkyl halides is 3. The molecule has 0 saturated carbocycles. The monoisotopic (exact) mass is 282 g/mol. The second-order valence-corrected chi connectivity index (χ2v) is 5.11. The van der Waals surface area contributed by atoms with Crippen LogP contribution in [0.1, 0.15) is 25.3 Å². The number of halogens is 3. The van der Waals surface area contributed by atoms with Gasteiger partial charge in [0.25, 0.3) is 0 Å². The molecule has 3 N–H and O–H groups in total. The smallest absolute Gasteiger partial charge is 0.320 e. The van der Waals surface area contributed by atoms with Crippen LogP contribution in [0.25, 0.3) is 0 Å². The highest BCUT2D eigenvalue weighted by atomic mass is 32.1. The molecule has 9 heteroatoms. The van der Waals surface area contributed by atoms with Crippen LogP contribution in [-0.2, 0) is 11.0 Å². The molecule has 1 heterocycles. The summed E-state index contributed by atoms with van der Waals surface area (Å²) in [5.41, 5.74) is 5.58. The molecule has 0 aliphatic heterocycles. The molecular formula is C9H13F3N4OS. The van der Waals surface area contributed by atoms with Crippen molar-refractivity contribution < 1.29 is 18.0 Å². The van der Waals surface area contributed by atoms with Crippen molar-refractivity contribution >= 4 is 22.4 Å². The number of nitrogens with zero attached hydrogens (tertiary/aromatic N) is 2. The number of aromatic nitrogens is 2. The Balaban J connectivity index is 2.63. The maximum atomic E-state index is 12.2. The van der Waals surface area contributed by atoms with Crippen molar-refractivity contribution in [3.8, 4) is 0 Å². The van der Waals surface area contributed by atoms with Crippen molar-refractivity contribution in [1.29, 1.82) is 0 Å². The Hall–Kier alpha value is -1.22. The third-order valence-corrected chi connectivity index (χ3v) is 2.84. The van der Waals surface area contributed by atoms with Gasteiger partial charge in [0.2, 0.25) is 16.0 Å². The van der Waals surface area contributed by atoms with E-state index in [1.807, 2.05) is 13.8 Å². The predicted molar refractivity (Wildman–Crippen MR) is 61.0 cm³/mol. The molecule has 0 spiro atoms. The first-order valence-electron chi connectivity index (χ1n) is 5.17. The van der Waals surface area contributed by atoms with E-state index < -0.39 is 23.1 Å². The Bertz CT molecular complexity index is 418. The molecule has 0 saturated heterocycles. The van der Waals surface area contributed by atoms with Gasteiger partial charge in [0.05, 0.1) is 6.04 Å². The van der Waals surface area contributed by atoms with E-state index in [1.54, 1.807) is 0 Å². The van der Waals surface area contributed by atoms with E-state index in [0.29, 0.717) is 6.42 Å². The van der Waals surface area contributed by atoms with Gasteiger partial charge in [-0.1, -0.05) is 25.2 Å². The van der Waals surface area contributed by atoms with Gasteiger partial charge in [0.1, 0.15) is 0 Å². The predicted octanol–water partition coefficient (Wildman–Crippen LogP) is 1.87. The van der Waals surface area contributed by atoms with E-state index >= 15 is 0 Å². The summed E-state index contributed by atoms with van der Waals surface area (Å²) in [6.45, 7) is 3.78. The topological polar surface area (TPSA) is 80.9 Å². The maximum Gasteiger partial charge on any atom is 0.445 e. The molecule has 18 heavy (non-hydrogen) atoms. The van der Waals surface area contributed by atoms with Gasteiger partial charge in [-0.25, -0.2) is 0 Å². The molecule has 0 fully saturated rings. The van der Waals surface area contributed by atoms with Crippen molar-refractivity contribution in [3.05, 3.63) is 5.01 Å². The average Bonchev–Trinajstić information content (AvgIpc) is 2.64. The number of carbonyl (C=O) groups is 1. The van der Waals surface area contributed by atoms with Crippen LogP contribution >= 0.6 is 11.3 Å². The number of amides is 1. The van der Waals surface area contributed by atoms with E-state index in [-0.39, 0.29) is 22.4 Å². The molecule has 0 aliphatic rings. The number of anilines is 1. The van der Waals surface area contributed by atoms with Gasteiger partial charge in [0, 0.05) is 0 Å². The molecule has 1 atom stereocenters. The lowest BCUT2D eigenvalue weighted by Crippen LogP contribution is -2.36. The lowest BCUT2D eigenvalue weighted by atomic mass is 10.0. The Morgan fingerprint density at radius 2 is 2.06 bits per heavy atom. The van der Waals surface area contributed by atoms with Gasteiger partial charge >= 0.3 is 6.18 Å². The van der Waals surface area contributed by atoms with Gasteiger partial charge < -0.3 is 5.73 Å². The zero-order chi connectivity index (χ0) is 13.9. The van der Waals surface area contributed by atoms with E-state index in [2.05, 4.69) is 15.5 Å². The van der Waals surface area contributed by atoms with Gasteiger partial charge in [-0.2, -0.15) is 13.2 Å². The number of nitrogens with two attached hydrogens (primary N) is 1. The molecular weight excluding hydrogens is 269 g/mol. The van der Waals surface area contributed by atoms with E-state index in [1.165, 1.54) is 0 Å². The molecule has 0 aliphatic carbocycles. The van der Waals surface area contributed by atoms with Crippen LogP contribution in [0.15, 0.2) is 0 Å². The lowest BCUT2D eigenvalue weighted by Gasteiger charge is -2.12. The standard InChI is InChI=1S/C9H13F3N4OS/c1-4(2)3-5(13)6(17)14-8-16-15-7(18-8)9(10,11)12/h4-5H,3,13H2,1-2H3,(H,14,16,17)/t5-/m0/s1. The fourth-order valence-corrected chi connectivity index (χ4v) is 1.82. The highest BCUT2D eigenvalue weighted by Crippen LogP contribution is 2.32. The van der Waals surface area contributed by atoms with Crippen LogP contribution in [0.4, 0.5) is 18.3 Å². The van der Waals surface area contributed by atoms with Crippen molar-refractivity contribution in [2.24, 2.45) is 11.7 Å². The minimum absolute atomic E-state index is 0.202. The van der Waals surface area contributed by atoms with Gasteiger partial charge in [0.15, 0.2) is 0 Å². The molecule has 102 valence electrons. The van der Waals surface area contributed by atoms with Crippen LogP contribution in [-0.4, -0.2) is 22.1 Å². The van der Waals surface area contributed by atoms with Crippen LogP contribution < -0.4 is 11.1 Å². The van der Waals surface area contributed by atoms with Crippen LogP contribution in [0.2, 0.25) is 0 Å². The second-order valence-electron chi connectivity index (χ2n) is 4.14. The minimum Gasteiger partial charge on any atom is -0.320 e. The number of rotatable bonds is 4. The summed E-state index contributed by atoms with van der Waals surface area (Å²) in [4.78, 5) is 11.5. The summed E-state index contributed by atoms with van der Waals surface area (Å²) >= 11 is 0.270. The van der Waals surface area contributed by atoms with E-state index in [0.717, 1.165) is 0 Å². The summed E-state index contributed by atoms with van der Waals surface area (Å²) in [5, 5.41) is 7.11. The molecule has 1 aromatic rings. The van der Waals surface area contributed by atoms with Crippen LogP contribution in [0.3, 0.4) is 0 Å². The SMILES string of the molecule is CC(C)C[C@H](N)C(=O)Nc1nnc(C(F)(F)F)s1. The van der Waals surface area contributed by atoms with E-state index in [9.17, 15) is 18.0 Å². The van der Waals surface area contributed by atoms with Crippen molar-refractivity contribution in [2.75, 3.05) is 5.32 Å². The zero-order valence-corrected chi connectivity index (χ0v) is 10.6. The summed E-state index contributed by atoms with van der Waals surface area (Å²) in [7, 11) is 0. The van der Waals surface area contributed by atoms with Gasteiger partial charge in [-0.15, -0.1) is 10.2 Å². The molecule has 1 aromatic heterocycles. The lowest BCUT2D eigenvalue weighted by molar-refractivity contribution is -0.138. The summed E-state index contributed by atoms with van der Waals surface area (Å²) < 4.78 is 36.7. The fraction of sp³-hybridized carbons (Fsp3) is 0.667. The Labute approximate surface area is 106 Å².